The van der Waals surface area contributed by atoms with Crippen molar-refractivity contribution in [3.63, 3.8) is 0 Å². The first-order valence-electron chi connectivity index (χ1n) is 10.2. The number of carbonyl (C=O) groups is 2. The lowest BCUT2D eigenvalue weighted by atomic mass is 10.0. The molecule has 4 rings (SSSR count). The lowest BCUT2D eigenvalue weighted by Gasteiger charge is -2.09. The van der Waals surface area contributed by atoms with Crippen molar-refractivity contribution in [2.24, 2.45) is 0 Å². The monoisotopic (exact) mass is 467 g/mol. The molecule has 0 radical (unpaired) electrons. The maximum atomic E-state index is 12.9. The second-order valence-corrected chi connectivity index (χ2v) is 7.40. The fourth-order valence-electron chi connectivity index (χ4n) is 3.25. The minimum absolute atomic E-state index is 0.0467. The zero-order chi connectivity index (χ0) is 24.2. The van der Waals surface area contributed by atoms with Gasteiger partial charge in [0.05, 0.1) is 22.3 Å². The first-order chi connectivity index (χ1) is 16.3. The molecule has 2 aromatic heterocycles. The number of rotatable bonds is 7. The summed E-state index contributed by atoms with van der Waals surface area (Å²) in [7, 11) is 0. The Morgan fingerprint density at radius 3 is 2.44 bits per heavy atom. The van der Waals surface area contributed by atoms with Gasteiger partial charge in [-0.15, -0.1) is 0 Å². The minimum atomic E-state index is -2.94. The Kier molecular flexibility index (Phi) is 6.48. The number of alkyl halides is 2. The number of amides is 1. The van der Waals surface area contributed by atoms with Crippen LogP contribution in [0.4, 0.5) is 14.5 Å². The summed E-state index contributed by atoms with van der Waals surface area (Å²) in [4.78, 5) is 29.5. The number of aryl methyl sites for hydroxylation is 2. The highest BCUT2D eigenvalue weighted by atomic mass is 19.3. The molecule has 0 bridgehead atoms. The van der Waals surface area contributed by atoms with E-state index in [-0.39, 0.29) is 17.0 Å². The molecule has 0 unspecified atom stereocenters. The van der Waals surface area contributed by atoms with E-state index in [1.54, 1.807) is 13.0 Å². The van der Waals surface area contributed by atoms with Gasteiger partial charge >= 0.3 is 12.6 Å². The smallest absolute Gasteiger partial charge is 0.387 e. The highest BCUT2D eigenvalue weighted by Crippen LogP contribution is 2.28. The molecule has 4 aromatic rings. The van der Waals surface area contributed by atoms with Crippen molar-refractivity contribution in [3.8, 4) is 17.0 Å². The van der Waals surface area contributed by atoms with Crippen molar-refractivity contribution in [2.45, 2.75) is 20.5 Å². The summed E-state index contributed by atoms with van der Waals surface area (Å²) in [6.45, 7) is 0.117. The normalized spacial score (nSPS) is 11.0. The van der Waals surface area contributed by atoms with E-state index in [1.165, 1.54) is 24.3 Å². The predicted octanol–water partition coefficient (Wildman–Crippen LogP) is 4.90. The molecular weight excluding hydrogens is 448 g/mol. The Morgan fingerprint density at radius 2 is 1.76 bits per heavy atom. The summed E-state index contributed by atoms with van der Waals surface area (Å²) in [5.41, 5.74) is 3.46. The average molecular weight is 467 g/mol. The van der Waals surface area contributed by atoms with Gasteiger partial charge in [-0.05, 0) is 44.2 Å². The zero-order valence-corrected chi connectivity index (χ0v) is 18.2. The maximum absolute atomic E-state index is 12.9. The van der Waals surface area contributed by atoms with Crippen LogP contribution in [0.1, 0.15) is 21.6 Å². The van der Waals surface area contributed by atoms with Crippen molar-refractivity contribution >= 4 is 28.7 Å². The van der Waals surface area contributed by atoms with Crippen LogP contribution in [0.2, 0.25) is 0 Å². The Labute approximate surface area is 192 Å². The van der Waals surface area contributed by atoms with Crippen molar-refractivity contribution < 1.29 is 32.4 Å². The van der Waals surface area contributed by atoms with Crippen LogP contribution in [0.25, 0.3) is 22.4 Å². The fourth-order valence-corrected chi connectivity index (χ4v) is 3.25. The van der Waals surface area contributed by atoms with Gasteiger partial charge in [-0.1, -0.05) is 35.0 Å². The highest BCUT2D eigenvalue weighted by molar-refractivity contribution is 6.05. The zero-order valence-electron chi connectivity index (χ0n) is 18.2. The van der Waals surface area contributed by atoms with E-state index in [0.29, 0.717) is 22.5 Å². The van der Waals surface area contributed by atoms with Gasteiger partial charge in [0.1, 0.15) is 5.75 Å². The molecule has 0 aliphatic heterocycles. The number of hydrogen-bond donors (Lipinski definition) is 1. The van der Waals surface area contributed by atoms with Crippen LogP contribution in [0.15, 0.2) is 59.1 Å². The number of hydrogen-bond acceptors (Lipinski definition) is 7. The van der Waals surface area contributed by atoms with E-state index >= 15 is 0 Å². The standard InChI is InChI=1S/C24H19F2N3O5/c1-13-3-5-15(6-4-13)19-11-18(21-14(2)29-34-22(21)28-19)23(31)32-12-20(30)27-16-7-9-17(10-8-16)33-24(25)26/h3-11,24H,12H2,1-2H3,(H,27,30). The molecule has 1 amide bonds. The predicted molar refractivity (Wildman–Crippen MR) is 119 cm³/mol. The fraction of sp³-hybridized carbons (Fsp3) is 0.167. The number of ether oxygens (including phenoxy) is 2. The molecule has 174 valence electrons. The van der Waals surface area contributed by atoms with E-state index in [9.17, 15) is 18.4 Å². The van der Waals surface area contributed by atoms with Gasteiger partial charge in [-0.2, -0.15) is 8.78 Å². The molecule has 0 aliphatic carbocycles. The van der Waals surface area contributed by atoms with E-state index in [2.05, 4.69) is 20.2 Å². The van der Waals surface area contributed by atoms with E-state index in [4.69, 9.17) is 9.26 Å². The molecule has 0 aliphatic rings. The van der Waals surface area contributed by atoms with Crippen LogP contribution in [-0.4, -0.2) is 35.2 Å². The number of anilines is 1. The van der Waals surface area contributed by atoms with Crippen molar-refractivity contribution in [1.82, 2.24) is 10.1 Å². The summed E-state index contributed by atoms with van der Waals surface area (Å²) >= 11 is 0. The van der Waals surface area contributed by atoms with Gasteiger partial charge < -0.3 is 19.3 Å². The Hall–Kier alpha value is -4.34. The number of esters is 1. The van der Waals surface area contributed by atoms with Gasteiger partial charge in [-0.3, -0.25) is 4.79 Å². The van der Waals surface area contributed by atoms with Crippen molar-refractivity contribution in [3.05, 3.63) is 71.4 Å². The Morgan fingerprint density at radius 1 is 1.06 bits per heavy atom. The van der Waals surface area contributed by atoms with Crippen LogP contribution in [0, 0.1) is 13.8 Å². The molecule has 0 saturated carbocycles. The summed E-state index contributed by atoms with van der Waals surface area (Å²) in [6, 6.07) is 14.5. The number of carbonyl (C=O) groups excluding carboxylic acids is 2. The second-order valence-electron chi connectivity index (χ2n) is 7.40. The summed E-state index contributed by atoms with van der Waals surface area (Å²) in [6.07, 6.45) is 0. The van der Waals surface area contributed by atoms with Crippen LogP contribution in [0.3, 0.4) is 0 Å². The molecule has 0 fully saturated rings. The number of halogens is 2. The number of benzene rings is 2. The number of fused-ring (bicyclic) bond motifs is 1. The van der Waals surface area contributed by atoms with Crippen LogP contribution in [0.5, 0.6) is 5.75 Å². The largest absolute Gasteiger partial charge is 0.452 e. The van der Waals surface area contributed by atoms with Gasteiger partial charge in [0, 0.05) is 11.3 Å². The quantitative estimate of drug-likeness (QED) is 0.386. The molecule has 0 atom stereocenters. The first kappa shape index (κ1) is 22.8. The van der Waals surface area contributed by atoms with Crippen molar-refractivity contribution in [1.29, 1.82) is 0 Å². The summed E-state index contributed by atoms with van der Waals surface area (Å²) < 4.78 is 39.2. The van der Waals surface area contributed by atoms with Gasteiger partial charge in [0.25, 0.3) is 11.6 Å². The SMILES string of the molecule is Cc1ccc(-c2cc(C(=O)OCC(=O)Nc3ccc(OC(F)F)cc3)c3c(C)noc3n2)cc1. The Bertz CT molecular complexity index is 1340. The molecular formula is C24H19F2N3O5. The second kappa shape index (κ2) is 9.65. The third-order valence-corrected chi connectivity index (χ3v) is 4.88. The lowest BCUT2D eigenvalue weighted by Crippen LogP contribution is -2.21. The number of nitrogens with one attached hydrogen (secondary N) is 1. The van der Waals surface area contributed by atoms with E-state index < -0.39 is 25.1 Å². The molecule has 10 heteroatoms. The molecule has 34 heavy (non-hydrogen) atoms. The lowest BCUT2D eigenvalue weighted by molar-refractivity contribution is -0.119. The third kappa shape index (κ3) is 5.17. The first-order valence-corrected chi connectivity index (χ1v) is 10.2. The highest BCUT2D eigenvalue weighted by Gasteiger charge is 2.21. The summed E-state index contributed by atoms with van der Waals surface area (Å²) in [5.74, 6) is -1.40. The number of nitrogens with zero attached hydrogens (tertiary/aromatic N) is 2. The number of pyridine rings is 1. The van der Waals surface area contributed by atoms with Crippen LogP contribution in [-0.2, 0) is 9.53 Å². The average Bonchev–Trinajstić information content (AvgIpc) is 3.19. The van der Waals surface area contributed by atoms with Crippen molar-refractivity contribution in [2.75, 3.05) is 11.9 Å². The molecule has 0 spiro atoms. The van der Waals surface area contributed by atoms with Gasteiger partial charge in [0.2, 0.25) is 0 Å². The van der Waals surface area contributed by atoms with E-state index in [0.717, 1.165) is 11.1 Å². The van der Waals surface area contributed by atoms with Gasteiger partial charge in [-0.25, -0.2) is 9.78 Å². The topological polar surface area (TPSA) is 104 Å². The van der Waals surface area contributed by atoms with Gasteiger partial charge in [0.15, 0.2) is 6.61 Å². The molecule has 1 N–H and O–H groups in total. The third-order valence-electron chi connectivity index (χ3n) is 4.88. The summed E-state index contributed by atoms with van der Waals surface area (Å²) in [5, 5.41) is 6.79. The maximum Gasteiger partial charge on any atom is 0.387 e. The number of aromatic nitrogens is 2. The molecule has 2 aromatic carbocycles. The molecule has 2 heterocycles. The minimum Gasteiger partial charge on any atom is -0.452 e. The van der Waals surface area contributed by atoms with Crippen LogP contribution >= 0.6 is 0 Å². The van der Waals surface area contributed by atoms with Crippen LogP contribution < -0.4 is 10.1 Å². The Balaban J connectivity index is 1.48. The molecule has 8 nitrogen and oxygen atoms in total. The van der Waals surface area contributed by atoms with E-state index in [1.807, 2.05) is 31.2 Å². The molecule has 0 saturated heterocycles.